The third kappa shape index (κ3) is 2.37. The van der Waals surface area contributed by atoms with Crippen molar-refractivity contribution < 1.29 is 4.74 Å². The van der Waals surface area contributed by atoms with Gasteiger partial charge in [-0.15, -0.1) is 0 Å². The highest BCUT2D eigenvalue weighted by Crippen LogP contribution is 2.48. The predicted octanol–water partition coefficient (Wildman–Crippen LogP) is 6.28. The monoisotopic (exact) mass is 293 g/mol. The van der Waals surface area contributed by atoms with Crippen LogP contribution in [0.1, 0.15) is 55.6 Å². The van der Waals surface area contributed by atoms with E-state index in [0.717, 1.165) is 17.2 Å². The van der Waals surface area contributed by atoms with Crippen LogP contribution in [0.2, 0.25) is 0 Å². The molecule has 1 saturated carbocycles. The van der Waals surface area contributed by atoms with E-state index >= 15 is 0 Å². The highest BCUT2D eigenvalue weighted by atomic mass is 16.5. The van der Waals surface area contributed by atoms with Crippen LogP contribution in [0.15, 0.2) is 36.4 Å². The summed E-state index contributed by atoms with van der Waals surface area (Å²) < 4.78 is 6.13. The van der Waals surface area contributed by atoms with Crippen molar-refractivity contribution in [2.75, 3.05) is 5.32 Å². The fourth-order valence-corrected chi connectivity index (χ4v) is 3.92. The van der Waals surface area contributed by atoms with Gasteiger partial charge in [-0.25, -0.2) is 0 Å². The zero-order valence-corrected chi connectivity index (χ0v) is 13.2. The molecule has 0 spiro atoms. The van der Waals surface area contributed by atoms with Gasteiger partial charge in [0.2, 0.25) is 0 Å². The molecular formula is C20H23NO. The molecule has 2 aromatic rings. The van der Waals surface area contributed by atoms with Crippen molar-refractivity contribution in [3.05, 3.63) is 47.5 Å². The number of benzene rings is 2. The fourth-order valence-electron chi connectivity index (χ4n) is 3.92. The van der Waals surface area contributed by atoms with E-state index in [1.54, 1.807) is 0 Å². The van der Waals surface area contributed by atoms with Crippen LogP contribution in [-0.4, -0.2) is 0 Å². The Kier molecular flexibility index (Phi) is 3.53. The van der Waals surface area contributed by atoms with Crippen LogP contribution < -0.4 is 10.1 Å². The van der Waals surface area contributed by atoms with Crippen molar-refractivity contribution in [3.8, 4) is 11.5 Å². The van der Waals surface area contributed by atoms with Crippen molar-refractivity contribution >= 4 is 11.4 Å². The Morgan fingerprint density at radius 3 is 2.50 bits per heavy atom. The van der Waals surface area contributed by atoms with E-state index in [4.69, 9.17) is 4.74 Å². The summed E-state index contributed by atoms with van der Waals surface area (Å²) in [5, 5.41) is 3.64. The maximum atomic E-state index is 6.13. The van der Waals surface area contributed by atoms with Crippen LogP contribution >= 0.6 is 0 Å². The maximum absolute atomic E-state index is 6.13. The molecule has 1 aliphatic heterocycles. The van der Waals surface area contributed by atoms with Gasteiger partial charge in [-0.2, -0.15) is 0 Å². The first-order valence-electron chi connectivity index (χ1n) is 8.50. The molecule has 4 rings (SSSR count). The Morgan fingerprint density at radius 1 is 0.909 bits per heavy atom. The normalized spacial score (nSPS) is 17.7. The van der Waals surface area contributed by atoms with Crippen LogP contribution in [0.25, 0.3) is 0 Å². The maximum Gasteiger partial charge on any atom is 0.151 e. The summed E-state index contributed by atoms with van der Waals surface area (Å²) in [4.78, 5) is 0. The number of ether oxygens (including phenoxy) is 1. The summed E-state index contributed by atoms with van der Waals surface area (Å²) in [5.74, 6) is 2.56. The molecule has 1 N–H and O–H groups in total. The third-order valence-corrected chi connectivity index (χ3v) is 5.06. The summed E-state index contributed by atoms with van der Waals surface area (Å²) in [6.07, 6.45) is 8.09. The van der Waals surface area contributed by atoms with Gasteiger partial charge in [-0.3, -0.25) is 0 Å². The molecule has 0 bridgehead atoms. The molecule has 0 saturated heterocycles. The van der Waals surface area contributed by atoms with Crippen LogP contribution in [0.4, 0.5) is 11.4 Å². The van der Waals surface area contributed by atoms with Crippen molar-refractivity contribution in [2.45, 2.75) is 51.4 Å². The molecule has 114 valence electrons. The summed E-state index contributed by atoms with van der Waals surface area (Å²) in [7, 11) is 0. The van der Waals surface area contributed by atoms with Crippen molar-refractivity contribution in [3.63, 3.8) is 0 Å². The first-order chi connectivity index (χ1) is 10.8. The van der Waals surface area contributed by atoms with Crippen LogP contribution in [0, 0.1) is 6.92 Å². The summed E-state index contributed by atoms with van der Waals surface area (Å²) in [6.45, 7) is 2.24. The highest BCUT2D eigenvalue weighted by molar-refractivity contribution is 5.79. The van der Waals surface area contributed by atoms with Crippen molar-refractivity contribution in [1.29, 1.82) is 0 Å². The standard InChI is InChI=1S/C20H23NO/c1-14-12-13-18-20(19(14)15-8-4-2-3-5-9-15)21-16-10-6-7-11-17(16)22-18/h6-7,10-13,15,21H,2-5,8-9H2,1H3. The second-order valence-electron chi connectivity index (χ2n) is 6.58. The van der Waals surface area contributed by atoms with Crippen LogP contribution in [0.3, 0.4) is 0 Å². The number of fused-ring (bicyclic) bond motifs is 2. The first-order valence-corrected chi connectivity index (χ1v) is 8.50. The van der Waals surface area contributed by atoms with E-state index in [2.05, 4.69) is 36.5 Å². The van der Waals surface area contributed by atoms with Gasteiger partial charge < -0.3 is 10.1 Å². The van der Waals surface area contributed by atoms with Crippen molar-refractivity contribution in [1.82, 2.24) is 0 Å². The van der Waals surface area contributed by atoms with Crippen LogP contribution in [-0.2, 0) is 0 Å². The number of hydrogen-bond donors (Lipinski definition) is 1. The number of anilines is 2. The largest absolute Gasteiger partial charge is 0.453 e. The highest BCUT2D eigenvalue weighted by Gasteiger charge is 2.25. The van der Waals surface area contributed by atoms with Gasteiger partial charge in [0.1, 0.15) is 0 Å². The lowest BCUT2D eigenvalue weighted by atomic mass is 9.86. The molecule has 1 heterocycles. The molecule has 2 heteroatoms. The second-order valence-corrected chi connectivity index (χ2v) is 6.58. The van der Waals surface area contributed by atoms with E-state index in [0.29, 0.717) is 5.92 Å². The van der Waals surface area contributed by atoms with Crippen molar-refractivity contribution in [2.24, 2.45) is 0 Å². The smallest absolute Gasteiger partial charge is 0.151 e. The van der Waals surface area contributed by atoms with Gasteiger partial charge in [-0.05, 0) is 55.0 Å². The number of rotatable bonds is 1. The minimum atomic E-state index is 0.666. The van der Waals surface area contributed by atoms with Gasteiger partial charge in [0, 0.05) is 0 Å². The number of hydrogen-bond acceptors (Lipinski definition) is 2. The minimum Gasteiger partial charge on any atom is -0.453 e. The molecular weight excluding hydrogens is 270 g/mol. The Bertz CT molecular complexity index is 684. The van der Waals surface area contributed by atoms with Gasteiger partial charge in [0.05, 0.1) is 11.4 Å². The molecule has 2 nitrogen and oxygen atoms in total. The average Bonchev–Trinajstić information content (AvgIpc) is 2.82. The van der Waals surface area contributed by atoms with E-state index in [9.17, 15) is 0 Å². The van der Waals surface area contributed by atoms with Gasteiger partial charge in [0.25, 0.3) is 0 Å². The molecule has 0 amide bonds. The van der Waals surface area contributed by atoms with E-state index in [-0.39, 0.29) is 0 Å². The molecule has 0 aromatic heterocycles. The van der Waals surface area contributed by atoms with Gasteiger partial charge in [0.15, 0.2) is 11.5 Å². The van der Waals surface area contributed by atoms with E-state index in [1.165, 1.54) is 55.3 Å². The summed E-state index contributed by atoms with van der Waals surface area (Å²) >= 11 is 0. The quantitative estimate of drug-likeness (QED) is 0.533. The Morgan fingerprint density at radius 2 is 1.68 bits per heavy atom. The lowest BCUT2D eigenvalue weighted by Gasteiger charge is -2.28. The summed E-state index contributed by atoms with van der Waals surface area (Å²) in [5.41, 5.74) is 5.15. The Labute approximate surface area is 132 Å². The molecule has 0 unspecified atom stereocenters. The van der Waals surface area contributed by atoms with Gasteiger partial charge in [-0.1, -0.05) is 43.9 Å². The third-order valence-electron chi connectivity index (χ3n) is 5.06. The Hall–Kier alpha value is -1.96. The fraction of sp³-hybridized carbons (Fsp3) is 0.400. The summed E-state index contributed by atoms with van der Waals surface area (Å²) in [6, 6.07) is 12.5. The number of para-hydroxylation sites is 2. The topological polar surface area (TPSA) is 21.3 Å². The molecule has 2 aromatic carbocycles. The van der Waals surface area contributed by atoms with E-state index in [1.807, 2.05) is 12.1 Å². The Balaban J connectivity index is 1.77. The number of nitrogens with one attached hydrogen (secondary N) is 1. The second kappa shape index (κ2) is 5.68. The molecule has 22 heavy (non-hydrogen) atoms. The minimum absolute atomic E-state index is 0.666. The van der Waals surface area contributed by atoms with E-state index < -0.39 is 0 Å². The molecule has 0 radical (unpaired) electrons. The molecule has 1 fully saturated rings. The molecule has 1 aliphatic carbocycles. The lowest BCUT2D eigenvalue weighted by Crippen LogP contribution is -2.10. The first kappa shape index (κ1) is 13.7. The zero-order valence-electron chi connectivity index (χ0n) is 13.2. The van der Waals surface area contributed by atoms with Gasteiger partial charge >= 0.3 is 0 Å². The molecule has 0 atom stereocenters. The SMILES string of the molecule is Cc1ccc2c(c1C1CCCCCC1)Nc1ccccc1O2. The molecule has 2 aliphatic rings. The lowest BCUT2D eigenvalue weighted by molar-refractivity contribution is 0.478. The van der Waals surface area contributed by atoms with Crippen LogP contribution in [0.5, 0.6) is 11.5 Å². The predicted molar refractivity (Wildman–Crippen MR) is 91.4 cm³/mol. The average molecular weight is 293 g/mol. The zero-order chi connectivity index (χ0) is 14.9. The number of aryl methyl sites for hydroxylation is 1.